The number of H-pyrrole nitrogens is 1. The van der Waals surface area contributed by atoms with Crippen LogP contribution in [0.3, 0.4) is 0 Å². The maximum Gasteiger partial charge on any atom is 0.434 e. The molecule has 0 radical (unpaired) electrons. The van der Waals surface area contributed by atoms with E-state index in [-0.39, 0.29) is 5.89 Å². The molecule has 0 fully saturated rings. The standard InChI is InChI=1S/C8H4BrFN2O2/c9-5-2-1-4(3-6(5)10)7-11-12-8(13)14-7/h1-3H,(H,12,13). The van der Waals surface area contributed by atoms with Gasteiger partial charge in [0.2, 0.25) is 5.89 Å². The third-order valence-electron chi connectivity index (χ3n) is 1.60. The van der Waals surface area contributed by atoms with E-state index in [4.69, 9.17) is 0 Å². The molecule has 0 unspecified atom stereocenters. The molecule has 1 aromatic carbocycles. The average Bonchev–Trinajstić information content (AvgIpc) is 2.57. The minimum atomic E-state index is -0.664. The highest BCUT2D eigenvalue weighted by atomic mass is 79.9. The van der Waals surface area contributed by atoms with Gasteiger partial charge < -0.3 is 4.42 Å². The van der Waals surface area contributed by atoms with Gasteiger partial charge in [0, 0.05) is 5.56 Å². The molecule has 0 atom stereocenters. The van der Waals surface area contributed by atoms with Crippen molar-refractivity contribution in [1.29, 1.82) is 0 Å². The van der Waals surface area contributed by atoms with Crippen molar-refractivity contribution in [2.45, 2.75) is 0 Å². The Morgan fingerprint density at radius 1 is 1.50 bits per heavy atom. The molecular weight excluding hydrogens is 255 g/mol. The van der Waals surface area contributed by atoms with Crippen LogP contribution in [0.5, 0.6) is 0 Å². The number of benzene rings is 1. The molecule has 0 saturated heterocycles. The van der Waals surface area contributed by atoms with E-state index in [9.17, 15) is 9.18 Å². The first-order valence-electron chi connectivity index (χ1n) is 3.68. The minimum absolute atomic E-state index is 0.0707. The van der Waals surface area contributed by atoms with Gasteiger partial charge in [-0.3, -0.25) is 0 Å². The molecule has 2 rings (SSSR count). The van der Waals surface area contributed by atoms with Gasteiger partial charge in [-0.15, -0.1) is 5.10 Å². The normalized spacial score (nSPS) is 10.4. The molecule has 0 spiro atoms. The summed E-state index contributed by atoms with van der Waals surface area (Å²) in [6.07, 6.45) is 0. The zero-order chi connectivity index (χ0) is 10.1. The summed E-state index contributed by atoms with van der Waals surface area (Å²) < 4.78 is 18.1. The summed E-state index contributed by atoms with van der Waals surface area (Å²) in [5.74, 6) is -1.03. The summed E-state index contributed by atoms with van der Waals surface area (Å²) >= 11 is 3.01. The highest BCUT2D eigenvalue weighted by Crippen LogP contribution is 2.21. The predicted octanol–water partition coefficient (Wildman–Crippen LogP) is 1.93. The number of rotatable bonds is 1. The van der Waals surface area contributed by atoms with Gasteiger partial charge in [0.15, 0.2) is 0 Å². The number of nitrogens with zero attached hydrogens (tertiary/aromatic N) is 1. The maximum atomic E-state index is 13.1. The molecule has 0 aliphatic carbocycles. The van der Waals surface area contributed by atoms with Crippen molar-refractivity contribution in [2.75, 3.05) is 0 Å². The number of hydrogen-bond acceptors (Lipinski definition) is 3. The second-order valence-electron chi connectivity index (χ2n) is 2.55. The molecular formula is C8H4BrFN2O2. The molecule has 2 aromatic rings. The van der Waals surface area contributed by atoms with Crippen LogP contribution >= 0.6 is 15.9 Å². The summed E-state index contributed by atoms with van der Waals surface area (Å²) in [6.45, 7) is 0. The fourth-order valence-electron chi connectivity index (χ4n) is 0.982. The molecule has 1 aromatic heterocycles. The first-order chi connectivity index (χ1) is 6.66. The van der Waals surface area contributed by atoms with E-state index in [1.54, 1.807) is 6.07 Å². The van der Waals surface area contributed by atoms with Crippen LogP contribution in [0.4, 0.5) is 4.39 Å². The third-order valence-corrected chi connectivity index (χ3v) is 2.25. The van der Waals surface area contributed by atoms with Crippen molar-refractivity contribution >= 4 is 15.9 Å². The van der Waals surface area contributed by atoms with Crippen molar-refractivity contribution in [3.05, 3.63) is 39.0 Å². The smallest absolute Gasteiger partial charge is 0.388 e. The molecule has 0 aliphatic rings. The summed E-state index contributed by atoms with van der Waals surface area (Å²) in [5.41, 5.74) is 0.407. The lowest BCUT2D eigenvalue weighted by molar-refractivity contribution is 0.526. The Bertz CT molecular complexity index is 520. The zero-order valence-electron chi connectivity index (χ0n) is 6.75. The molecule has 6 heteroatoms. The summed E-state index contributed by atoms with van der Waals surface area (Å²) in [6, 6.07) is 4.33. The van der Waals surface area contributed by atoms with Gasteiger partial charge >= 0.3 is 5.76 Å². The first kappa shape index (κ1) is 9.14. The van der Waals surface area contributed by atoms with Crippen molar-refractivity contribution in [2.24, 2.45) is 0 Å². The van der Waals surface area contributed by atoms with Gasteiger partial charge in [0.25, 0.3) is 0 Å². The van der Waals surface area contributed by atoms with E-state index in [1.165, 1.54) is 12.1 Å². The Labute approximate surface area is 85.9 Å². The fraction of sp³-hybridized carbons (Fsp3) is 0. The zero-order valence-corrected chi connectivity index (χ0v) is 8.34. The summed E-state index contributed by atoms with van der Waals surface area (Å²) in [7, 11) is 0. The van der Waals surface area contributed by atoms with Crippen LogP contribution in [0.2, 0.25) is 0 Å². The first-order valence-corrected chi connectivity index (χ1v) is 4.47. The van der Waals surface area contributed by atoms with Gasteiger partial charge in [-0.25, -0.2) is 14.3 Å². The maximum absolute atomic E-state index is 13.1. The number of hydrogen-bond donors (Lipinski definition) is 1. The topological polar surface area (TPSA) is 58.9 Å². The molecule has 14 heavy (non-hydrogen) atoms. The average molecular weight is 259 g/mol. The molecule has 1 heterocycles. The van der Waals surface area contributed by atoms with Crippen molar-refractivity contribution in [1.82, 2.24) is 10.2 Å². The molecule has 4 nitrogen and oxygen atoms in total. The van der Waals surface area contributed by atoms with E-state index in [0.717, 1.165) is 0 Å². The Balaban J connectivity index is 2.52. The van der Waals surface area contributed by atoms with Gasteiger partial charge in [-0.2, -0.15) is 0 Å². The van der Waals surface area contributed by atoms with Crippen LogP contribution in [0.1, 0.15) is 0 Å². The van der Waals surface area contributed by atoms with Crippen molar-refractivity contribution < 1.29 is 8.81 Å². The fourth-order valence-corrected chi connectivity index (χ4v) is 1.23. The highest BCUT2D eigenvalue weighted by molar-refractivity contribution is 9.10. The number of aromatic amines is 1. The summed E-state index contributed by atoms with van der Waals surface area (Å²) in [4.78, 5) is 10.6. The Morgan fingerprint density at radius 3 is 2.86 bits per heavy atom. The third kappa shape index (κ3) is 1.60. The summed E-state index contributed by atoms with van der Waals surface area (Å²) in [5, 5.41) is 5.67. The lowest BCUT2D eigenvalue weighted by atomic mass is 10.2. The molecule has 72 valence electrons. The molecule has 0 aliphatic heterocycles. The molecule has 0 saturated carbocycles. The highest BCUT2D eigenvalue weighted by Gasteiger charge is 2.07. The Morgan fingerprint density at radius 2 is 2.29 bits per heavy atom. The van der Waals surface area contributed by atoms with E-state index in [0.29, 0.717) is 10.0 Å². The monoisotopic (exact) mass is 258 g/mol. The lowest BCUT2D eigenvalue weighted by Crippen LogP contribution is -1.93. The second kappa shape index (κ2) is 3.38. The van der Waals surface area contributed by atoms with Crippen molar-refractivity contribution in [3.63, 3.8) is 0 Å². The second-order valence-corrected chi connectivity index (χ2v) is 3.40. The number of aromatic nitrogens is 2. The van der Waals surface area contributed by atoms with Crippen LogP contribution in [-0.2, 0) is 0 Å². The van der Waals surface area contributed by atoms with Gasteiger partial charge in [-0.1, -0.05) is 0 Å². The largest absolute Gasteiger partial charge is 0.434 e. The minimum Gasteiger partial charge on any atom is -0.388 e. The van der Waals surface area contributed by atoms with E-state index >= 15 is 0 Å². The number of nitrogens with one attached hydrogen (secondary N) is 1. The SMILES string of the molecule is O=c1[nH]nc(-c2ccc(Br)c(F)c2)o1. The van der Waals surface area contributed by atoms with E-state index in [1.807, 2.05) is 0 Å². The number of halogens is 2. The predicted molar refractivity (Wildman–Crippen MR) is 50.2 cm³/mol. The van der Waals surface area contributed by atoms with Crippen molar-refractivity contribution in [3.8, 4) is 11.5 Å². The van der Waals surface area contributed by atoms with E-state index < -0.39 is 11.6 Å². The molecule has 1 N–H and O–H groups in total. The Kier molecular flexibility index (Phi) is 2.20. The van der Waals surface area contributed by atoms with Gasteiger partial charge in [0.1, 0.15) is 5.82 Å². The van der Waals surface area contributed by atoms with Gasteiger partial charge in [-0.05, 0) is 34.1 Å². The quantitative estimate of drug-likeness (QED) is 0.851. The molecule has 0 bridgehead atoms. The Hall–Kier alpha value is -1.43. The van der Waals surface area contributed by atoms with E-state index in [2.05, 4.69) is 30.5 Å². The van der Waals surface area contributed by atoms with Crippen LogP contribution in [-0.4, -0.2) is 10.2 Å². The van der Waals surface area contributed by atoms with Gasteiger partial charge in [0.05, 0.1) is 4.47 Å². The van der Waals surface area contributed by atoms with Crippen LogP contribution < -0.4 is 5.76 Å². The lowest BCUT2D eigenvalue weighted by Gasteiger charge is -1.96. The molecule has 0 amide bonds. The van der Waals surface area contributed by atoms with Crippen LogP contribution in [0.25, 0.3) is 11.5 Å². The van der Waals surface area contributed by atoms with Crippen LogP contribution in [0, 0.1) is 5.82 Å². The van der Waals surface area contributed by atoms with Crippen LogP contribution in [0.15, 0.2) is 31.9 Å².